The van der Waals surface area contributed by atoms with Crippen molar-refractivity contribution in [2.45, 2.75) is 26.1 Å². The van der Waals surface area contributed by atoms with Gasteiger partial charge in [0.25, 0.3) is 0 Å². The van der Waals surface area contributed by atoms with Crippen molar-refractivity contribution >= 4 is 0 Å². The third-order valence-electron chi connectivity index (χ3n) is 2.09. The fraction of sp³-hybridized carbons (Fsp3) is 0.364. The summed E-state index contributed by atoms with van der Waals surface area (Å²) in [6.07, 6.45) is -6.37. The van der Waals surface area contributed by atoms with E-state index in [9.17, 15) is 13.2 Å². The highest BCUT2D eigenvalue weighted by atomic mass is 19.4. The lowest BCUT2D eigenvalue weighted by Crippen LogP contribution is -2.31. The van der Waals surface area contributed by atoms with Gasteiger partial charge in [-0.2, -0.15) is 18.4 Å². The predicted octanol–water partition coefficient (Wildman–Crippen LogP) is 3.20. The minimum atomic E-state index is -4.44. The number of halogens is 3. The van der Waals surface area contributed by atoms with E-state index in [0.717, 1.165) is 6.92 Å². The molecule has 0 heterocycles. The average molecular weight is 229 g/mol. The van der Waals surface area contributed by atoms with Gasteiger partial charge in [-0.1, -0.05) is 12.1 Å². The van der Waals surface area contributed by atoms with Gasteiger partial charge < -0.3 is 4.74 Å². The van der Waals surface area contributed by atoms with E-state index in [-0.39, 0.29) is 11.3 Å². The van der Waals surface area contributed by atoms with Gasteiger partial charge in [0.1, 0.15) is 11.8 Å². The maximum absolute atomic E-state index is 12.3. The maximum Gasteiger partial charge on any atom is 0.425 e. The Kier molecular flexibility index (Phi) is 3.43. The van der Waals surface area contributed by atoms with E-state index in [4.69, 9.17) is 10.00 Å². The molecule has 1 aromatic carbocycles. The molecule has 16 heavy (non-hydrogen) atoms. The molecule has 0 aliphatic heterocycles. The van der Waals surface area contributed by atoms with E-state index in [0.29, 0.717) is 5.56 Å². The normalized spacial score (nSPS) is 13.0. The van der Waals surface area contributed by atoms with Crippen LogP contribution in [0.5, 0.6) is 5.75 Å². The number of para-hydroxylation sites is 1. The quantitative estimate of drug-likeness (QED) is 0.780. The number of rotatable bonds is 2. The van der Waals surface area contributed by atoms with Crippen LogP contribution >= 0.6 is 0 Å². The molecular formula is C11H10F3NO. The third-order valence-corrected chi connectivity index (χ3v) is 2.09. The summed E-state index contributed by atoms with van der Waals surface area (Å²) in [4.78, 5) is 0. The van der Waals surface area contributed by atoms with E-state index in [1.807, 2.05) is 0 Å². The highest BCUT2D eigenvalue weighted by molar-refractivity contribution is 5.47. The van der Waals surface area contributed by atoms with Gasteiger partial charge in [0.2, 0.25) is 0 Å². The van der Waals surface area contributed by atoms with Crippen molar-refractivity contribution < 1.29 is 17.9 Å². The summed E-state index contributed by atoms with van der Waals surface area (Å²) in [5.74, 6) is -0.00479. The molecule has 0 radical (unpaired) electrons. The van der Waals surface area contributed by atoms with E-state index >= 15 is 0 Å². The van der Waals surface area contributed by atoms with Crippen LogP contribution in [-0.4, -0.2) is 12.3 Å². The zero-order chi connectivity index (χ0) is 12.3. The number of aryl methyl sites for hydroxylation is 1. The molecule has 1 unspecified atom stereocenters. The first kappa shape index (κ1) is 12.4. The molecule has 1 aromatic rings. The van der Waals surface area contributed by atoms with E-state index in [2.05, 4.69) is 0 Å². The number of alkyl halides is 3. The molecule has 0 saturated carbocycles. The molecule has 0 fully saturated rings. The number of nitrogens with zero attached hydrogens (tertiary/aromatic N) is 1. The predicted molar refractivity (Wildman–Crippen MR) is 52.0 cm³/mol. The van der Waals surface area contributed by atoms with Crippen LogP contribution < -0.4 is 4.74 Å². The second-order valence-corrected chi connectivity index (χ2v) is 3.37. The van der Waals surface area contributed by atoms with Crippen molar-refractivity contribution in [3.05, 3.63) is 29.3 Å². The van der Waals surface area contributed by atoms with Crippen LogP contribution in [0.25, 0.3) is 0 Å². The first-order valence-electron chi connectivity index (χ1n) is 4.59. The summed E-state index contributed by atoms with van der Waals surface area (Å²) in [5.41, 5.74) is 0.617. The van der Waals surface area contributed by atoms with Crippen molar-refractivity contribution in [1.82, 2.24) is 0 Å². The van der Waals surface area contributed by atoms with Gasteiger partial charge >= 0.3 is 6.18 Å². The lowest BCUT2D eigenvalue weighted by Gasteiger charge is -2.19. The van der Waals surface area contributed by atoms with Crippen LogP contribution in [0.3, 0.4) is 0 Å². The number of nitriles is 1. The van der Waals surface area contributed by atoms with Gasteiger partial charge in [-0.15, -0.1) is 0 Å². The topological polar surface area (TPSA) is 33.0 Å². The zero-order valence-corrected chi connectivity index (χ0v) is 8.80. The van der Waals surface area contributed by atoms with Gasteiger partial charge in [0, 0.05) is 0 Å². The molecule has 0 aliphatic carbocycles. The van der Waals surface area contributed by atoms with Crippen molar-refractivity contribution in [2.75, 3.05) is 0 Å². The van der Waals surface area contributed by atoms with Gasteiger partial charge in [0.15, 0.2) is 6.10 Å². The molecule has 0 N–H and O–H groups in total. The van der Waals surface area contributed by atoms with E-state index < -0.39 is 12.3 Å². The molecule has 0 amide bonds. The summed E-state index contributed by atoms with van der Waals surface area (Å²) in [6.45, 7) is 2.51. The molecule has 2 nitrogen and oxygen atoms in total. The maximum atomic E-state index is 12.3. The second kappa shape index (κ2) is 4.44. The fourth-order valence-corrected chi connectivity index (χ4v) is 1.14. The van der Waals surface area contributed by atoms with Gasteiger partial charge in [0.05, 0.1) is 5.56 Å². The molecule has 0 aromatic heterocycles. The van der Waals surface area contributed by atoms with Crippen molar-refractivity contribution in [1.29, 1.82) is 5.26 Å². The number of benzene rings is 1. The molecule has 0 bridgehead atoms. The fourth-order valence-electron chi connectivity index (χ4n) is 1.14. The van der Waals surface area contributed by atoms with Crippen LogP contribution in [-0.2, 0) is 0 Å². The Morgan fingerprint density at radius 2 is 2.00 bits per heavy atom. The summed E-state index contributed by atoms with van der Waals surface area (Å²) in [6, 6.07) is 6.42. The van der Waals surface area contributed by atoms with Crippen molar-refractivity contribution in [2.24, 2.45) is 0 Å². The van der Waals surface area contributed by atoms with Crippen LogP contribution in [0.1, 0.15) is 18.1 Å². The Hall–Kier alpha value is -1.70. The lowest BCUT2D eigenvalue weighted by molar-refractivity contribution is -0.189. The standard InChI is InChI=1S/C11H10F3NO/c1-7-4-3-5-9(6-15)10(7)16-8(2)11(12,13)14/h3-5,8H,1-2H3. The summed E-state index contributed by atoms with van der Waals surface area (Å²) >= 11 is 0. The van der Waals surface area contributed by atoms with Gasteiger partial charge in [-0.3, -0.25) is 0 Å². The van der Waals surface area contributed by atoms with Gasteiger partial charge in [-0.25, -0.2) is 0 Å². The third kappa shape index (κ3) is 2.66. The van der Waals surface area contributed by atoms with Crippen molar-refractivity contribution in [3.63, 3.8) is 0 Å². The highest BCUT2D eigenvalue weighted by Gasteiger charge is 2.38. The Balaban J connectivity index is 3.02. The Labute approximate surface area is 91.3 Å². The molecular weight excluding hydrogens is 219 g/mol. The summed E-state index contributed by atoms with van der Waals surface area (Å²) < 4.78 is 41.7. The summed E-state index contributed by atoms with van der Waals surface area (Å²) in [7, 11) is 0. The smallest absolute Gasteiger partial charge is 0.425 e. The van der Waals surface area contributed by atoms with Crippen LogP contribution in [0.2, 0.25) is 0 Å². The second-order valence-electron chi connectivity index (χ2n) is 3.37. The van der Waals surface area contributed by atoms with Crippen molar-refractivity contribution in [3.8, 4) is 11.8 Å². The van der Waals surface area contributed by atoms with Gasteiger partial charge in [-0.05, 0) is 25.5 Å². The molecule has 0 spiro atoms. The minimum Gasteiger partial charge on any atom is -0.480 e. The first-order valence-corrected chi connectivity index (χ1v) is 4.59. The molecule has 0 aliphatic rings. The monoisotopic (exact) mass is 229 g/mol. The number of hydrogen-bond acceptors (Lipinski definition) is 2. The SMILES string of the molecule is Cc1cccc(C#N)c1OC(C)C(F)(F)F. The lowest BCUT2D eigenvalue weighted by atomic mass is 10.1. The zero-order valence-electron chi connectivity index (χ0n) is 8.80. The van der Waals surface area contributed by atoms with E-state index in [1.165, 1.54) is 6.07 Å². The number of ether oxygens (including phenoxy) is 1. The average Bonchev–Trinajstić information content (AvgIpc) is 2.19. The summed E-state index contributed by atoms with van der Waals surface area (Å²) in [5, 5.41) is 8.75. The first-order chi connectivity index (χ1) is 7.36. The van der Waals surface area contributed by atoms with Crippen LogP contribution in [0, 0.1) is 18.3 Å². The molecule has 0 saturated heterocycles. The highest BCUT2D eigenvalue weighted by Crippen LogP contribution is 2.29. The number of hydrogen-bond donors (Lipinski definition) is 0. The molecule has 86 valence electrons. The van der Waals surface area contributed by atoms with Crippen LogP contribution in [0.15, 0.2) is 18.2 Å². The largest absolute Gasteiger partial charge is 0.480 e. The minimum absolute atomic E-state index is 0.00479. The Morgan fingerprint density at radius 3 is 2.50 bits per heavy atom. The van der Waals surface area contributed by atoms with Crippen LogP contribution in [0.4, 0.5) is 13.2 Å². The Morgan fingerprint density at radius 1 is 1.38 bits per heavy atom. The molecule has 1 atom stereocenters. The Bertz CT molecular complexity index is 420. The molecule has 5 heteroatoms. The van der Waals surface area contributed by atoms with E-state index in [1.54, 1.807) is 25.1 Å². The molecule has 1 rings (SSSR count).